The maximum absolute atomic E-state index is 12.0. The Labute approximate surface area is 120 Å². The van der Waals surface area contributed by atoms with Gasteiger partial charge >= 0.3 is 0 Å². The molecule has 0 saturated carbocycles. The molecule has 1 aromatic carbocycles. The van der Waals surface area contributed by atoms with Crippen LogP contribution in [0.5, 0.6) is 0 Å². The second-order valence-electron chi connectivity index (χ2n) is 4.96. The summed E-state index contributed by atoms with van der Waals surface area (Å²) in [5, 5.41) is 19.8. The fraction of sp³-hybridized carbons (Fsp3) is 0.429. The number of rotatable bonds is 3. The van der Waals surface area contributed by atoms with Crippen molar-refractivity contribution in [2.45, 2.75) is 31.1 Å². The number of aliphatic hydroxyl groups excluding tert-OH is 2. The van der Waals surface area contributed by atoms with Crippen molar-refractivity contribution in [2.24, 2.45) is 0 Å². The van der Waals surface area contributed by atoms with Crippen LogP contribution >= 0.6 is 0 Å². The van der Waals surface area contributed by atoms with Gasteiger partial charge in [0, 0.05) is 7.11 Å². The van der Waals surface area contributed by atoms with Gasteiger partial charge in [-0.25, -0.2) is 4.98 Å². The Kier molecular flexibility index (Phi) is 3.73. The van der Waals surface area contributed by atoms with Crippen molar-refractivity contribution in [3.63, 3.8) is 0 Å². The number of benzene rings is 1. The van der Waals surface area contributed by atoms with Gasteiger partial charge in [0.2, 0.25) is 0 Å². The molecule has 112 valence electrons. The molecule has 0 spiro atoms. The Morgan fingerprint density at radius 1 is 1.33 bits per heavy atom. The van der Waals surface area contributed by atoms with Crippen LogP contribution in [0.2, 0.25) is 0 Å². The monoisotopic (exact) mass is 292 g/mol. The summed E-state index contributed by atoms with van der Waals surface area (Å²) in [4.78, 5) is 16.1. The van der Waals surface area contributed by atoms with E-state index in [1.165, 1.54) is 17.9 Å². The van der Waals surface area contributed by atoms with E-state index in [2.05, 4.69) is 4.98 Å². The second kappa shape index (κ2) is 5.53. The molecule has 7 heteroatoms. The molecule has 0 bridgehead atoms. The molecule has 0 unspecified atom stereocenters. The van der Waals surface area contributed by atoms with Crippen molar-refractivity contribution in [3.8, 4) is 0 Å². The Bertz CT molecular complexity index is 701. The third-order valence-corrected chi connectivity index (χ3v) is 3.67. The molecule has 2 heterocycles. The predicted octanol–water partition coefficient (Wildman–Crippen LogP) is -0.510. The number of aromatic nitrogens is 2. The van der Waals surface area contributed by atoms with Crippen LogP contribution in [-0.4, -0.2) is 51.5 Å². The van der Waals surface area contributed by atoms with Crippen molar-refractivity contribution >= 4 is 11.0 Å². The molecular weight excluding hydrogens is 276 g/mol. The molecule has 2 aromatic rings. The van der Waals surface area contributed by atoms with E-state index in [9.17, 15) is 15.0 Å². The highest BCUT2D eigenvalue weighted by Crippen LogP contribution is 2.23. The number of hydrogen-bond acceptors (Lipinski definition) is 6. The average Bonchev–Trinajstić information content (AvgIpc) is 2.78. The minimum Gasteiger partial charge on any atom is -0.387 e. The minimum atomic E-state index is -1.14. The first-order chi connectivity index (χ1) is 10.1. The van der Waals surface area contributed by atoms with Crippen molar-refractivity contribution in [3.05, 3.63) is 40.8 Å². The average molecular weight is 292 g/mol. The molecule has 4 atom stereocenters. The van der Waals surface area contributed by atoms with Crippen molar-refractivity contribution in [1.82, 2.24) is 9.55 Å². The summed E-state index contributed by atoms with van der Waals surface area (Å²) in [5.41, 5.74) is 1.03. The molecule has 7 nitrogen and oxygen atoms in total. The number of methoxy groups -OCH3 is 1. The Morgan fingerprint density at radius 3 is 2.81 bits per heavy atom. The highest BCUT2D eigenvalue weighted by atomic mass is 16.7. The normalized spacial score (nSPS) is 29.1. The zero-order valence-electron chi connectivity index (χ0n) is 11.4. The highest BCUT2D eigenvalue weighted by Gasteiger charge is 2.43. The summed E-state index contributed by atoms with van der Waals surface area (Å²) in [7, 11) is 1.39. The Balaban J connectivity index is 1.95. The summed E-state index contributed by atoms with van der Waals surface area (Å²) < 4.78 is 11.9. The first-order valence-corrected chi connectivity index (χ1v) is 6.61. The molecule has 0 aliphatic carbocycles. The SMILES string of the molecule is CO[C@@H]1O[C@H](Cn2c(=O)cnc3ccccc32)[C@@H](O)[C@H]1O. The van der Waals surface area contributed by atoms with Gasteiger partial charge in [-0.2, -0.15) is 0 Å². The van der Waals surface area contributed by atoms with E-state index in [0.29, 0.717) is 11.0 Å². The van der Waals surface area contributed by atoms with Crippen LogP contribution in [0.4, 0.5) is 0 Å². The van der Waals surface area contributed by atoms with Gasteiger partial charge in [-0.05, 0) is 12.1 Å². The third-order valence-electron chi connectivity index (χ3n) is 3.67. The molecule has 1 fully saturated rings. The summed E-state index contributed by atoms with van der Waals surface area (Å²) in [6.07, 6.45) is -2.65. The summed E-state index contributed by atoms with van der Waals surface area (Å²) in [6, 6.07) is 7.20. The van der Waals surface area contributed by atoms with Gasteiger partial charge in [0.15, 0.2) is 6.29 Å². The standard InChI is InChI=1S/C14H16N2O5/c1-20-14-13(19)12(18)10(21-14)7-16-9-5-3-2-4-8(9)15-6-11(16)17/h2-6,10,12-14,18-19H,7H2,1H3/t10-,12-,13-,14-/m1/s1. The molecule has 3 rings (SSSR count). The van der Waals surface area contributed by atoms with E-state index in [1.54, 1.807) is 18.2 Å². The highest BCUT2D eigenvalue weighted by molar-refractivity contribution is 5.74. The van der Waals surface area contributed by atoms with Crippen LogP contribution in [0, 0.1) is 0 Å². The fourth-order valence-electron chi connectivity index (χ4n) is 2.54. The number of para-hydroxylation sites is 2. The van der Waals surface area contributed by atoms with Gasteiger partial charge in [0.1, 0.15) is 18.3 Å². The van der Waals surface area contributed by atoms with E-state index in [0.717, 1.165) is 0 Å². The lowest BCUT2D eigenvalue weighted by Gasteiger charge is -2.17. The van der Waals surface area contributed by atoms with E-state index < -0.39 is 24.6 Å². The molecule has 0 amide bonds. The zero-order chi connectivity index (χ0) is 15.0. The van der Waals surface area contributed by atoms with E-state index >= 15 is 0 Å². The largest absolute Gasteiger partial charge is 0.387 e. The lowest BCUT2D eigenvalue weighted by Crippen LogP contribution is -2.36. The van der Waals surface area contributed by atoms with Crippen molar-refractivity contribution in [2.75, 3.05) is 7.11 Å². The number of nitrogens with zero attached hydrogens (tertiary/aromatic N) is 2. The quantitative estimate of drug-likeness (QED) is 0.791. The van der Waals surface area contributed by atoms with Crippen LogP contribution < -0.4 is 5.56 Å². The van der Waals surface area contributed by atoms with Crippen LogP contribution in [0.15, 0.2) is 35.3 Å². The number of fused-ring (bicyclic) bond motifs is 1. The van der Waals surface area contributed by atoms with Gasteiger partial charge in [-0.1, -0.05) is 12.1 Å². The first-order valence-electron chi connectivity index (χ1n) is 6.61. The first kappa shape index (κ1) is 14.2. The molecule has 1 aromatic heterocycles. The lowest BCUT2D eigenvalue weighted by atomic mass is 10.1. The van der Waals surface area contributed by atoms with Crippen LogP contribution in [0.1, 0.15) is 0 Å². The molecular formula is C14H16N2O5. The van der Waals surface area contributed by atoms with Crippen LogP contribution in [0.3, 0.4) is 0 Å². The summed E-state index contributed by atoms with van der Waals surface area (Å²) >= 11 is 0. The van der Waals surface area contributed by atoms with Crippen LogP contribution in [0.25, 0.3) is 11.0 Å². The number of hydrogen-bond donors (Lipinski definition) is 2. The van der Waals surface area contributed by atoms with Gasteiger partial charge in [0.05, 0.1) is 23.8 Å². The minimum absolute atomic E-state index is 0.111. The smallest absolute Gasteiger partial charge is 0.269 e. The fourth-order valence-corrected chi connectivity index (χ4v) is 2.54. The van der Waals surface area contributed by atoms with E-state index in [-0.39, 0.29) is 12.1 Å². The van der Waals surface area contributed by atoms with E-state index in [1.807, 2.05) is 6.07 Å². The van der Waals surface area contributed by atoms with Gasteiger partial charge in [-0.15, -0.1) is 0 Å². The topological polar surface area (TPSA) is 93.8 Å². The van der Waals surface area contributed by atoms with Crippen molar-refractivity contribution < 1.29 is 19.7 Å². The molecule has 0 radical (unpaired) electrons. The summed E-state index contributed by atoms with van der Waals surface area (Å²) in [5.74, 6) is 0. The Hall–Kier alpha value is -1.80. The molecule has 1 aliphatic rings. The zero-order valence-corrected chi connectivity index (χ0v) is 11.4. The van der Waals surface area contributed by atoms with Gasteiger partial charge in [-0.3, -0.25) is 4.79 Å². The van der Waals surface area contributed by atoms with E-state index in [4.69, 9.17) is 9.47 Å². The van der Waals surface area contributed by atoms with Gasteiger partial charge in [0.25, 0.3) is 5.56 Å². The molecule has 1 saturated heterocycles. The van der Waals surface area contributed by atoms with Crippen LogP contribution in [-0.2, 0) is 16.0 Å². The maximum atomic E-state index is 12.0. The maximum Gasteiger partial charge on any atom is 0.269 e. The Morgan fingerprint density at radius 2 is 2.10 bits per heavy atom. The third kappa shape index (κ3) is 2.44. The number of ether oxygens (including phenoxy) is 2. The molecule has 1 aliphatic heterocycles. The predicted molar refractivity (Wildman–Crippen MR) is 73.7 cm³/mol. The second-order valence-corrected chi connectivity index (χ2v) is 4.96. The van der Waals surface area contributed by atoms with Gasteiger partial charge < -0.3 is 24.3 Å². The summed E-state index contributed by atoms with van der Waals surface area (Å²) in [6.45, 7) is 0.111. The molecule has 2 N–H and O–H groups in total. The molecule has 21 heavy (non-hydrogen) atoms. The lowest BCUT2D eigenvalue weighted by molar-refractivity contribution is -0.150. The number of aliphatic hydroxyl groups is 2. The van der Waals surface area contributed by atoms with Crippen molar-refractivity contribution in [1.29, 1.82) is 0 Å².